The van der Waals surface area contributed by atoms with Crippen molar-refractivity contribution in [2.24, 2.45) is 0 Å². The Morgan fingerprint density at radius 1 is 1.05 bits per heavy atom. The molecule has 0 aromatic carbocycles. The average molecular weight is 268 g/mol. The molecule has 1 amide bonds. The van der Waals surface area contributed by atoms with E-state index >= 15 is 0 Å². The van der Waals surface area contributed by atoms with E-state index in [9.17, 15) is 4.79 Å². The Bertz CT molecular complexity index is 270. The summed E-state index contributed by atoms with van der Waals surface area (Å²) in [6, 6.07) is 0. The molecule has 0 heterocycles. The Balaban J connectivity index is 2.62. The van der Waals surface area contributed by atoms with Gasteiger partial charge in [0.1, 0.15) is 0 Å². The third-order valence-electron chi connectivity index (χ3n) is 5.27. The van der Waals surface area contributed by atoms with E-state index in [1.54, 1.807) is 0 Å². The molecule has 1 saturated carbocycles. The van der Waals surface area contributed by atoms with Gasteiger partial charge in [-0.05, 0) is 39.2 Å². The molecule has 112 valence electrons. The fraction of sp³-hybridized carbons (Fsp3) is 0.938. The Labute approximate surface area is 118 Å². The molecule has 0 atom stereocenters. The molecule has 0 spiro atoms. The van der Waals surface area contributed by atoms with Crippen LogP contribution in [0.2, 0.25) is 0 Å². The number of nitrogens with one attached hydrogen (secondary N) is 2. The average Bonchev–Trinajstić information content (AvgIpc) is 2.46. The topological polar surface area (TPSA) is 41.1 Å². The van der Waals surface area contributed by atoms with Crippen molar-refractivity contribution in [3.63, 3.8) is 0 Å². The van der Waals surface area contributed by atoms with Gasteiger partial charge in [0.25, 0.3) is 0 Å². The highest BCUT2D eigenvalue weighted by atomic mass is 16.1. The second kappa shape index (κ2) is 7.28. The number of hydrogen-bond acceptors (Lipinski definition) is 2. The molecule has 0 aliphatic heterocycles. The zero-order chi connectivity index (χ0) is 14.4. The van der Waals surface area contributed by atoms with E-state index < -0.39 is 0 Å². The van der Waals surface area contributed by atoms with Gasteiger partial charge in [0, 0.05) is 17.5 Å². The Morgan fingerprint density at radius 3 is 2.00 bits per heavy atom. The smallest absolute Gasteiger partial charge is 0.222 e. The zero-order valence-corrected chi connectivity index (χ0v) is 13.3. The molecular formula is C16H32N2O. The van der Waals surface area contributed by atoms with E-state index in [1.807, 2.05) is 7.05 Å². The van der Waals surface area contributed by atoms with Crippen molar-refractivity contribution in [3.05, 3.63) is 0 Å². The first-order valence-corrected chi connectivity index (χ1v) is 8.05. The van der Waals surface area contributed by atoms with E-state index in [-0.39, 0.29) is 17.0 Å². The first-order valence-electron chi connectivity index (χ1n) is 8.05. The lowest BCUT2D eigenvalue weighted by atomic mass is 9.78. The first kappa shape index (κ1) is 16.5. The van der Waals surface area contributed by atoms with Crippen molar-refractivity contribution >= 4 is 5.91 Å². The number of amides is 1. The fourth-order valence-corrected chi connectivity index (χ4v) is 3.41. The quantitative estimate of drug-likeness (QED) is 0.743. The van der Waals surface area contributed by atoms with Crippen molar-refractivity contribution < 1.29 is 4.79 Å². The summed E-state index contributed by atoms with van der Waals surface area (Å²) in [6.07, 6.45) is 9.74. The van der Waals surface area contributed by atoms with Crippen LogP contribution in [-0.4, -0.2) is 24.0 Å². The highest BCUT2D eigenvalue weighted by Gasteiger charge is 2.34. The van der Waals surface area contributed by atoms with Crippen molar-refractivity contribution in [1.29, 1.82) is 0 Å². The van der Waals surface area contributed by atoms with Crippen LogP contribution in [-0.2, 0) is 4.79 Å². The molecule has 3 heteroatoms. The van der Waals surface area contributed by atoms with E-state index in [4.69, 9.17) is 0 Å². The standard InChI is InChI=1S/C16H32N2O/c1-5-15(6-2,7-3)18-14(19)13-16(17-4)11-9-8-10-12-16/h17H,5-13H2,1-4H3,(H,18,19). The molecule has 19 heavy (non-hydrogen) atoms. The molecular weight excluding hydrogens is 236 g/mol. The molecule has 0 bridgehead atoms. The van der Waals surface area contributed by atoms with E-state index in [0.29, 0.717) is 6.42 Å². The maximum absolute atomic E-state index is 12.4. The van der Waals surface area contributed by atoms with Crippen LogP contribution in [0.1, 0.15) is 78.6 Å². The number of hydrogen-bond donors (Lipinski definition) is 2. The monoisotopic (exact) mass is 268 g/mol. The van der Waals surface area contributed by atoms with Gasteiger partial charge >= 0.3 is 0 Å². The van der Waals surface area contributed by atoms with Crippen molar-refractivity contribution in [3.8, 4) is 0 Å². The van der Waals surface area contributed by atoms with Gasteiger partial charge in [-0.15, -0.1) is 0 Å². The molecule has 1 aliphatic rings. The molecule has 1 fully saturated rings. The van der Waals surface area contributed by atoms with E-state index in [2.05, 4.69) is 31.4 Å². The van der Waals surface area contributed by atoms with Gasteiger partial charge in [-0.1, -0.05) is 40.0 Å². The van der Waals surface area contributed by atoms with Gasteiger partial charge in [0.15, 0.2) is 0 Å². The summed E-state index contributed by atoms with van der Waals surface area (Å²) in [5, 5.41) is 6.73. The maximum Gasteiger partial charge on any atom is 0.222 e. The highest BCUT2D eigenvalue weighted by Crippen LogP contribution is 2.31. The lowest BCUT2D eigenvalue weighted by Gasteiger charge is -2.39. The number of rotatable bonds is 7. The summed E-state index contributed by atoms with van der Waals surface area (Å²) in [4.78, 5) is 12.4. The van der Waals surface area contributed by atoms with Crippen LogP contribution in [0.3, 0.4) is 0 Å². The largest absolute Gasteiger partial charge is 0.351 e. The van der Waals surface area contributed by atoms with Crippen LogP contribution in [0.15, 0.2) is 0 Å². The summed E-state index contributed by atoms with van der Waals surface area (Å²) < 4.78 is 0. The minimum atomic E-state index is 0.000676. The molecule has 0 radical (unpaired) electrons. The SMILES string of the molecule is CCC(CC)(CC)NC(=O)CC1(NC)CCCCC1. The van der Waals surface area contributed by atoms with Crippen LogP contribution in [0.25, 0.3) is 0 Å². The predicted octanol–water partition coefficient (Wildman–Crippen LogP) is 3.38. The summed E-state index contributed by atoms with van der Waals surface area (Å²) in [7, 11) is 2.01. The summed E-state index contributed by atoms with van der Waals surface area (Å²) in [5.41, 5.74) is 0.0456. The van der Waals surface area contributed by atoms with Crippen molar-refractivity contribution in [2.75, 3.05) is 7.05 Å². The minimum absolute atomic E-state index is 0.000676. The molecule has 3 nitrogen and oxygen atoms in total. The van der Waals surface area contributed by atoms with Crippen LogP contribution < -0.4 is 10.6 Å². The highest BCUT2D eigenvalue weighted by molar-refractivity contribution is 5.78. The van der Waals surface area contributed by atoms with Gasteiger partial charge in [-0.25, -0.2) is 0 Å². The number of carbonyl (C=O) groups is 1. The molecule has 0 unspecified atom stereocenters. The van der Waals surface area contributed by atoms with E-state index in [0.717, 1.165) is 32.1 Å². The van der Waals surface area contributed by atoms with Crippen LogP contribution in [0.4, 0.5) is 0 Å². The van der Waals surface area contributed by atoms with Gasteiger partial charge in [0.2, 0.25) is 5.91 Å². The maximum atomic E-state index is 12.4. The normalized spacial score (nSPS) is 19.2. The Morgan fingerprint density at radius 2 is 1.58 bits per heavy atom. The lowest BCUT2D eigenvalue weighted by Crippen LogP contribution is -2.53. The number of carbonyl (C=O) groups excluding carboxylic acids is 1. The van der Waals surface area contributed by atoms with Gasteiger partial charge < -0.3 is 10.6 Å². The second-order valence-electron chi connectivity index (χ2n) is 6.16. The molecule has 1 aliphatic carbocycles. The van der Waals surface area contributed by atoms with Crippen LogP contribution in [0.5, 0.6) is 0 Å². The molecule has 2 N–H and O–H groups in total. The fourth-order valence-electron chi connectivity index (χ4n) is 3.41. The third-order valence-corrected chi connectivity index (χ3v) is 5.27. The summed E-state index contributed by atoms with van der Waals surface area (Å²) in [5.74, 6) is 0.224. The molecule has 0 saturated heterocycles. The van der Waals surface area contributed by atoms with Gasteiger partial charge in [-0.2, -0.15) is 0 Å². The molecule has 1 rings (SSSR count). The van der Waals surface area contributed by atoms with Crippen molar-refractivity contribution in [2.45, 2.75) is 89.6 Å². The van der Waals surface area contributed by atoms with Crippen LogP contribution >= 0.6 is 0 Å². The van der Waals surface area contributed by atoms with Gasteiger partial charge in [-0.3, -0.25) is 4.79 Å². The second-order valence-corrected chi connectivity index (χ2v) is 6.16. The molecule has 0 aromatic heterocycles. The summed E-state index contributed by atoms with van der Waals surface area (Å²) in [6.45, 7) is 6.51. The third kappa shape index (κ3) is 4.20. The van der Waals surface area contributed by atoms with Crippen LogP contribution in [0, 0.1) is 0 Å². The molecule has 0 aromatic rings. The van der Waals surface area contributed by atoms with Gasteiger partial charge in [0.05, 0.1) is 0 Å². The summed E-state index contributed by atoms with van der Waals surface area (Å²) >= 11 is 0. The lowest BCUT2D eigenvalue weighted by molar-refractivity contribution is -0.125. The first-order chi connectivity index (χ1) is 9.05. The Kier molecular flexibility index (Phi) is 6.31. The van der Waals surface area contributed by atoms with E-state index in [1.165, 1.54) is 19.3 Å². The Hall–Kier alpha value is -0.570. The minimum Gasteiger partial charge on any atom is -0.351 e. The predicted molar refractivity (Wildman–Crippen MR) is 81.2 cm³/mol. The zero-order valence-electron chi connectivity index (χ0n) is 13.3. The van der Waals surface area contributed by atoms with Crippen molar-refractivity contribution in [1.82, 2.24) is 10.6 Å².